The van der Waals surface area contributed by atoms with Gasteiger partial charge in [0.05, 0.1) is 17.4 Å². The highest BCUT2D eigenvalue weighted by molar-refractivity contribution is 8.00. The number of carbonyl (C=O) groups excluding carboxylic acids is 2. The summed E-state index contributed by atoms with van der Waals surface area (Å²) in [6, 6.07) is 1.58. The molecule has 44 heavy (non-hydrogen) atoms. The molecule has 16 nitrogen and oxygen atoms in total. The Kier molecular flexibility index (Phi) is 7.96. The van der Waals surface area contributed by atoms with E-state index < -0.39 is 46.5 Å². The Morgan fingerprint density at radius 1 is 1.25 bits per heavy atom. The van der Waals surface area contributed by atoms with Crippen LogP contribution < -0.4 is 11.1 Å². The molecule has 18 heteroatoms. The number of β-lactam (4-membered cyclic amide) rings is 1. The number of thioether (sulfide) groups is 1. The number of aromatic nitrogens is 3. The third-order valence-electron chi connectivity index (χ3n) is 6.69. The van der Waals surface area contributed by atoms with Gasteiger partial charge in [0.25, 0.3) is 11.8 Å². The topological polar surface area (TPSA) is 243 Å². The summed E-state index contributed by atoms with van der Waals surface area (Å²) in [5, 5.41) is 45.8. The number of imidazole rings is 1. The number of amides is 2. The van der Waals surface area contributed by atoms with Crippen molar-refractivity contribution in [2.45, 2.75) is 37.4 Å². The summed E-state index contributed by atoms with van der Waals surface area (Å²) >= 11 is 2.25. The number of carboxylic acid groups (broad SMARTS) is 2. The minimum absolute atomic E-state index is 0.00217. The van der Waals surface area contributed by atoms with Crippen LogP contribution in [0.25, 0.3) is 11.0 Å². The summed E-state index contributed by atoms with van der Waals surface area (Å²) in [5.41, 5.74) is 4.63. The molecule has 0 radical (unpaired) electrons. The quantitative estimate of drug-likeness (QED) is 0.0785. The Labute approximate surface area is 256 Å². The first-order valence-corrected chi connectivity index (χ1v) is 14.7. The lowest BCUT2D eigenvalue weighted by Gasteiger charge is -2.49. The van der Waals surface area contributed by atoms with Crippen molar-refractivity contribution in [1.82, 2.24) is 24.8 Å². The highest BCUT2D eigenvalue weighted by Gasteiger charge is 2.54. The van der Waals surface area contributed by atoms with E-state index in [0.717, 1.165) is 16.2 Å². The van der Waals surface area contributed by atoms with Crippen LogP contribution in [0.4, 0.5) is 5.13 Å². The molecule has 2 aliphatic rings. The second kappa shape index (κ2) is 11.5. The van der Waals surface area contributed by atoms with Gasteiger partial charge in [-0.25, -0.2) is 19.6 Å². The van der Waals surface area contributed by atoms with E-state index in [1.807, 2.05) is 0 Å². The highest BCUT2D eigenvalue weighted by Crippen LogP contribution is 2.41. The predicted molar refractivity (Wildman–Crippen MR) is 158 cm³/mol. The first kappa shape index (κ1) is 30.4. The summed E-state index contributed by atoms with van der Waals surface area (Å²) in [7, 11) is 0. The standard InChI is InChI=1S/C26H25N7O9S2/c1-26(2,24(40)41)42-31-17(13-9-44-25(27)29-13)20(36)30-18-21(37)33-19(23(38)39)11(8-43-22(18)33)4-3-5-32-10-28-12-6-15(34)16(35)7-14(12)32/h3-4,6-7,9-10,18,22,34-35H,5,8H2,1-2H3,(H2,27,29)(H,30,36)(H,38,39)(H,40,41)/b4-3+,31-17-/t18?,22-/m1/s1. The number of nitrogens with one attached hydrogen (secondary N) is 1. The normalized spacial score (nSPS) is 18.8. The zero-order valence-electron chi connectivity index (χ0n) is 23.0. The molecule has 1 aromatic carbocycles. The number of phenolic OH excluding ortho intramolecular Hbond substituents is 2. The fourth-order valence-corrected chi connectivity index (χ4v) is 6.18. The lowest BCUT2D eigenvalue weighted by Crippen LogP contribution is -2.71. The molecule has 0 bridgehead atoms. The third-order valence-corrected chi connectivity index (χ3v) is 8.66. The molecule has 2 aliphatic heterocycles. The van der Waals surface area contributed by atoms with Crippen LogP contribution in [0.15, 0.2) is 52.4 Å². The van der Waals surface area contributed by atoms with Crippen molar-refractivity contribution in [2.75, 3.05) is 11.5 Å². The van der Waals surface area contributed by atoms with Crippen molar-refractivity contribution < 1.29 is 44.4 Å². The van der Waals surface area contributed by atoms with Crippen LogP contribution >= 0.6 is 23.1 Å². The number of anilines is 1. The van der Waals surface area contributed by atoms with Gasteiger partial charge >= 0.3 is 11.9 Å². The Hall–Kier alpha value is -5.10. The average Bonchev–Trinajstić information content (AvgIpc) is 3.56. The van der Waals surface area contributed by atoms with Crippen LogP contribution in [0, 0.1) is 0 Å². The second-order valence-corrected chi connectivity index (χ2v) is 12.1. The maximum absolute atomic E-state index is 13.2. The molecule has 1 saturated heterocycles. The van der Waals surface area contributed by atoms with E-state index in [2.05, 4.69) is 20.4 Å². The fraction of sp³-hybridized carbons (Fsp3) is 0.269. The maximum atomic E-state index is 13.2. The van der Waals surface area contributed by atoms with Gasteiger partial charge in [-0.2, -0.15) is 0 Å². The average molecular weight is 644 g/mol. The second-order valence-electron chi connectivity index (χ2n) is 10.1. The first-order valence-electron chi connectivity index (χ1n) is 12.7. The van der Waals surface area contributed by atoms with Crippen LogP contribution in [-0.4, -0.2) is 92.1 Å². The number of nitrogen functional groups attached to an aromatic ring is 1. The van der Waals surface area contributed by atoms with E-state index >= 15 is 0 Å². The molecule has 5 rings (SSSR count). The number of benzene rings is 1. The Bertz CT molecular complexity index is 1790. The molecule has 2 amide bonds. The van der Waals surface area contributed by atoms with Crippen LogP contribution in [-0.2, 0) is 30.6 Å². The first-order chi connectivity index (χ1) is 20.8. The van der Waals surface area contributed by atoms with E-state index in [1.165, 1.54) is 49.4 Å². The van der Waals surface area contributed by atoms with Crippen molar-refractivity contribution in [2.24, 2.45) is 5.16 Å². The predicted octanol–water partition coefficient (Wildman–Crippen LogP) is 1.07. The number of aliphatic carboxylic acids is 2. The molecule has 7 N–H and O–H groups in total. The molecule has 2 atom stereocenters. The van der Waals surface area contributed by atoms with Gasteiger partial charge in [-0.15, -0.1) is 23.1 Å². The minimum Gasteiger partial charge on any atom is -0.504 e. The van der Waals surface area contributed by atoms with Gasteiger partial charge < -0.3 is 40.9 Å². The van der Waals surface area contributed by atoms with Crippen molar-refractivity contribution in [3.63, 3.8) is 0 Å². The third kappa shape index (κ3) is 5.63. The number of thiazole rings is 1. The van der Waals surface area contributed by atoms with E-state index in [4.69, 9.17) is 10.6 Å². The van der Waals surface area contributed by atoms with E-state index in [-0.39, 0.29) is 40.3 Å². The van der Waals surface area contributed by atoms with Gasteiger partial charge in [0, 0.05) is 29.8 Å². The summed E-state index contributed by atoms with van der Waals surface area (Å²) < 4.78 is 1.68. The number of hydrogen-bond acceptors (Lipinski definition) is 13. The summed E-state index contributed by atoms with van der Waals surface area (Å²) in [4.78, 5) is 64.4. The van der Waals surface area contributed by atoms with E-state index in [1.54, 1.807) is 16.7 Å². The SMILES string of the molecule is CC(C)(O/N=C(\C(=O)NC1C(=O)N2C(C(=O)O)=C(/C=C/Cn3cnc4cc(O)c(O)cc43)CS[C@H]12)c1csc(N)n1)C(=O)O. The lowest BCUT2D eigenvalue weighted by atomic mass is 10.0. The Balaban J connectivity index is 1.33. The summed E-state index contributed by atoms with van der Waals surface area (Å²) in [5.74, 6) is -4.63. The molecule has 3 aromatic rings. The number of aromatic hydroxyl groups is 2. The van der Waals surface area contributed by atoms with E-state index in [9.17, 15) is 39.6 Å². The molecular formula is C26H25N7O9S2. The van der Waals surface area contributed by atoms with Gasteiger partial charge in [-0.3, -0.25) is 14.5 Å². The van der Waals surface area contributed by atoms with Gasteiger partial charge in [0.15, 0.2) is 22.3 Å². The maximum Gasteiger partial charge on any atom is 0.352 e. The zero-order chi connectivity index (χ0) is 31.9. The number of nitrogens with two attached hydrogens (primary N) is 1. The van der Waals surface area contributed by atoms with Crippen LogP contribution in [0.3, 0.4) is 0 Å². The largest absolute Gasteiger partial charge is 0.504 e. The molecule has 230 valence electrons. The lowest BCUT2D eigenvalue weighted by molar-refractivity contribution is -0.161. The molecule has 2 aromatic heterocycles. The molecule has 0 aliphatic carbocycles. The number of nitrogens with zero attached hydrogens (tertiary/aromatic N) is 5. The molecule has 1 unspecified atom stereocenters. The minimum atomic E-state index is -1.78. The van der Waals surface area contributed by atoms with Crippen molar-refractivity contribution in [3.05, 3.63) is 53.0 Å². The monoisotopic (exact) mass is 643 g/mol. The van der Waals surface area contributed by atoms with Crippen molar-refractivity contribution >= 4 is 68.7 Å². The molecular weight excluding hydrogens is 618 g/mol. The Morgan fingerprint density at radius 3 is 2.64 bits per heavy atom. The smallest absolute Gasteiger partial charge is 0.352 e. The van der Waals surface area contributed by atoms with Gasteiger partial charge in [-0.05, 0) is 19.4 Å². The Morgan fingerprint density at radius 2 is 1.98 bits per heavy atom. The molecule has 4 heterocycles. The fourth-order valence-electron chi connectivity index (χ4n) is 4.32. The van der Waals surface area contributed by atoms with Crippen LogP contribution in [0.2, 0.25) is 0 Å². The number of fused-ring (bicyclic) bond motifs is 2. The summed E-state index contributed by atoms with van der Waals surface area (Å²) in [6.07, 6.45) is 4.76. The number of phenols is 2. The van der Waals surface area contributed by atoms with Crippen molar-refractivity contribution in [1.29, 1.82) is 0 Å². The van der Waals surface area contributed by atoms with Crippen LogP contribution in [0.5, 0.6) is 11.5 Å². The number of carbonyl (C=O) groups is 4. The summed E-state index contributed by atoms with van der Waals surface area (Å²) in [6.45, 7) is 2.72. The van der Waals surface area contributed by atoms with Crippen LogP contribution in [0.1, 0.15) is 19.5 Å². The number of rotatable bonds is 10. The number of allylic oxidation sites excluding steroid dienone is 2. The van der Waals surface area contributed by atoms with E-state index in [0.29, 0.717) is 16.6 Å². The number of carboxylic acids is 2. The highest BCUT2D eigenvalue weighted by atomic mass is 32.2. The molecule has 1 fully saturated rings. The van der Waals surface area contributed by atoms with Gasteiger partial charge in [-0.1, -0.05) is 17.3 Å². The van der Waals surface area contributed by atoms with Gasteiger partial charge in [0.1, 0.15) is 22.8 Å². The molecule has 0 spiro atoms. The number of oxime groups is 1. The molecule has 0 saturated carbocycles. The zero-order valence-corrected chi connectivity index (χ0v) is 24.6. The van der Waals surface area contributed by atoms with Crippen molar-refractivity contribution in [3.8, 4) is 11.5 Å². The van der Waals surface area contributed by atoms with Gasteiger partial charge in [0.2, 0.25) is 5.60 Å². The number of hydrogen-bond donors (Lipinski definition) is 6.